The van der Waals surface area contributed by atoms with Crippen LogP contribution in [0.2, 0.25) is 0 Å². The smallest absolute Gasteiger partial charge is 0.243 e. The Labute approximate surface area is 200 Å². The molecule has 0 spiro atoms. The minimum atomic E-state index is -3.76. The van der Waals surface area contributed by atoms with Crippen LogP contribution in [0.15, 0.2) is 83.8 Å². The highest BCUT2D eigenvalue weighted by Crippen LogP contribution is 2.41. The van der Waals surface area contributed by atoms with Gasteiger partial charge in [0, 0.05) is 31.6 Å². The van der Waals surface area contributed by atoms with Crippen molar-refractivity contribution in [2.45, 2.75) is 17.4 Å². The highest BCUT2D eigenvalue weighted by molar-refractivity contribution is 7.89. The summed E-state index contributed by atoms with van der Waals surface area (Å²) in [6.45, 7) is 0.620. The normalized spacial score (nSPS) is 18.4. The molecule has 0 radical (unpaired) electrons. The van der Waals surface area contributed by atoms with Crippen LogP contribution in [0.5, 0.6) is 11.5 Å². The lowest BCUT2D eigenvalue weighted by Gasteiger charge is -2.21. The quantitative estimate of drug-likeness (QED) is 0.534. The van der Waals surface area contributed by atoms with E-state index in [4.69, 9.17) is 9.47 Å². The number of benzene rings is 3. The van der Waals surface area contributed by atoms with Crippen LogP contribution in [-0.2, 0) is 21.4 Å². The number of methoxy groups -OCH3 is 2. The molecule has 3 aromatic carbocycles. The van der Waals surface area contributed by atoms with Crippen LogP contribution < -0.4 is 14.8 Å². The maximum atomic E-state index is 13.4. The molecule has 1 saturated heterocycles. The van der Waals surface area contributed by atoms with Crippen molar-refractivity contribution in [3.05, 3.63) is 90.0 Å². The Balaban J connectivity index is 1.65. The molecule has 1 aliphatic rings. The Morgan fingerprint density at radius 2 is 1.62 bits per heavy atom. The maximum Gasteiger partial charge on any atom is 0.243 e. The number of hydrogen-bond acceptors (Lipinski definition) is 5. The summed E-state index contributed by atoms with van der Waals surface area (Å²) in [6, 6.07) is 23.3. The molecule has 1 N–H and O–H groups in total. The zero-order valence-corrected chi connectivity index (χ0v) is 20.0. The Bertz CT molecular complexity index is 1230. The van der Waals surface area contributed by atoms with E-state index in [1.807, 2.05) is 36.4 Å². The first kappa shape index (κ1) is 23.8. The zero-order valence-electron chi connectivity index (χ0n) is 19.2. The molecule has 8 heteroatoms. The summed E-state index contributed by atoms with van der Waals surface area (Å²) in [5, 5.41) is 2.99. The highest BCUT2D eigenvalue weighted by Gasteiger charge is 2.44. The molecule has 0 aromatic heterocycles. The van der Waals surface area contributed by atoms with Crippen LogP contribution in [0, 0.1) is 5.92 Å². The van der Waals surface area contributed by atoms with Gasteiger partial charge in [-0.2, -0.15) is 4.31 Å². The van der Waals surface area contributed by atoms with Crippen molar-refractivity contribution in [2.75, 3.05) is 27.3 Å². The third kappa shape index (κ3) is 4.93. The summed E-state index contributed by atoms with van der Waals surface area (Å²) in [6.07, 6.45) is 0. The number of amides is 1. The number of carbonyl (C=O) groups excluding carboxylic acids is 1. The number of sulfonamides is 1. The molecule has 1 amide bonds. The fourth-order valence-corrected chi connectivity index (χ4v) is 5.84. The number of rotatable bonds is 8. The van der Waals surface area contributed by atoms with E-state index in [1.165, 1.54) is 4.31 Å². The van der Waals surface area contributed by atoms with Crippen LogP contribution in [0.1, 0.15) is 17.0 Å². The molecule has 0 unspecified atom stereocenters. The van der Waals surface area contributed by atoms with E-state index in [0.29, 0.717) is 18.0 Å². The SMILES string of the molecule is COc1ccc([C@H]2CN(S(=O)(=O)c3ccccc3)C[C@H]2C(=O)NCc2ccccc2)c(OC)c1. The maximum absolute atomic E-state index is 13.4. The summed E-state index contributed by atoms with van der Waals surface area (Å²) >= 11 is 0. The van der Waals surface area contributed by atoms with Crippen molar-refractivity contribution in [1.82, 2.24) is 9.62 Å². The molecule has 4 rings (SSSR count). The third-order valence-electron chi connectivity index (χ3n) is 6.15. The van der Waals surface area contributed by atoms with Crippen LogP contribution >= 0.6 is 0 Å². The molecule has 178 valence electrons. The minimum Gasteiger partial charge on any atom is -0.497 e. The zero-order chi connectivity index (χ0) is 24.1. The van der Waals surface area contributed by atoms with E-state index in [1.54, 1.807) is 56.7 Å². The molecule has 3 aromatic rings. The topological polar surface area (TPSA) is 84.9 Å². The van der Waals surface area contributed by atoms with Crippen LogP contribution in [0.3, 0.4) is 0 Å². The summed E-state index contributed by atoms with van der Waals surface area (Å²) in [5.74, 6) is 0.0266. The lowest BCUT2D eigenvalue weighted by atomic mass is 9.87. The van der Waals surface area contributed by atoms with E-state index < -0.39 is 15.9 Å². The number of nitrogens with one attached hydrogen (secondary N) is 1. The first-order valence-electron chi connectivity index (χ1n) is 11.0. The monoisotopic (exact) mass is 480 g/mol. The largest absolute Gasteiger partial charge is 0.497 e. The second kappa shape index (κ2) is 10.3. The van der Waals surface area contributed by atoms with Gasteiger partial charge in [-0.15, -0.1) is 0 Å². The van der Waals surface area contributed by atoms with Gasteiger partial charge < -0.3 is 14.8 Å². The van der Waals surface area contributed by atoms with Gasteiger partial charge in [0.25, 0.3) is 0 Å². The van der Waals surface area contributed by atoms with Gasteiger partial charge in [-0.3, -0.25) is 4.79 Å². The molecular weight excluding hydrogens is 452 g/mol. The molecule has 0 saturated carbocycles. The van der Waals surface area contributed by atoms with Crippen molar-refractivity contribution in [1.29, 1.82) is 0 Å². The molecule has 1 heterocycles. The predicted molar refractivity (Wildman–Crippen MR) is 129 cm³/mol. The molecule has 0 bridgehead atoms. The Kier molecular flexibility index (Phi) is 7.19. The van der Waals surface area contributed by atoms with Crippen molar-refractivity contribution in [3.8, 4) is 11.5 Å². The first-order chi connectivity index (χ1) is 16.4. The second-order valence-corrected chi connectivity index (χ2v) is 10.1. The van der Waals surface area contributed by atoms with Crippen molar-refractivity contribution >= 4 is 15.9 Å². The second-order valence-electron chi connectivity index (χ2n) is 8.16. The van der Waals surface area contributed by atoms with Crippen LogP contribution in [0.4, 0.5) is 0 Å². The Morgan fingerprint density at radius 1 is 0.941 bits per heavy atom. The average Bonchev–Trinajstić information content (AvgIpc) is 3.34. The molecule has 2 atom stereocenters. The van der Waals surface area contributed by atoms with E-state index in [-0.39, 0.29) is 29.8 Å². The number of carbonyl (C=O) groups is 1. The minimum absolute atomic E-state index is 0.0811. The Morgan fingerprint density at radius 3 is 2.26 bits per heavy atom. The van der Waals surface area contributed by atoms with Crippen LogP contribution in [0.25, 0.3) is 0 Å². The number of nitrogens with zero attached hydrogens (tertiary/aromatic N) is 1. The van der Waals surface area contributed by atoms with E-state index in [2.05, 4.69) is 5.32 Å². The van der Waals surface area contributed by atoms with E-state index in [0.717, 1.165) is 11.1 Å². The summed E-state index contributed by atoms with van der Waals surface area (Å²) in [7, 11) is -0.638. The summed E-state index contributed by atoms with van der Waals surface area (Å²) in [4.78, 5) is 13.5. The predicted octanol–water partition coefficient (Wildman–Crippen LogP) is 3.42. The standard InChI is InChI=1S/C26H28N2O5S/c1-32-20-13-14-22(25(15-20)33-2)23-17-28(34(30,31)21-11-7-4-8-12-21)18-24(23)26(29)27-16-19-9-5-3-6-10-19/h3-15,23-24H,16-18H2,1-2H3,(H,27,29)/t23-,24-/m1/s1. The fourth-order valence-electron chi connectivity index (χ4n) is 4.33. The van der Waals surface area contributed by atoms with Crippen LogP contribution in [-0.4, -0.2) is 45.9 Å². The van der Waals surface area contributed by atoms with Gasteiger partial charge in [0.2, 0.25) is 15.9 Å². The van der Waals surface area contributed by atoms with Gasteiger partial charge in [0.15, 0.2) is 0 Å². The number of hydrogen-bond donors (Lipinski definition) is 1. The van der Waals surface area contributed by atoms with Crippen molar-refractivity contribution < 1.29 is 22.7 Å². The summed E-state index contributed by atoms with van der Waals surface area (Å²) in [5.41, 5.74) is 1.75. The third-order valence-corrected chi connectivity index (χ3v) is 8.00. The molecular formula is C26H28N2O5S. The lowest BCUT2D eigenvalue weighted by Crippen LogP contribution is -2.35. The van der Waals surface area contributed by atoms with Crippen molar-refractivity contribution in [3.63, 3.8) is 0 Å². The summed E-state index contributed by atoms with van der Waals surface area (Å²) < 4.78 is 39.0. The van der Waals surface area contributed by atoms with Gasteiger partial charge in [0.1, 0.15) is 11.5 Å². The van der Waals surface area contributed by atoms with Gasteiger partial charge in [0.05, 0.1) is 25.0 Å². The van der Waals surface area contributed by atoms with Crippen molar-refractivity contribution in [2.24, 2.45) is 5.92 Å². The molecule has 34 heavy (non-hydrogen) atoms. The van der Waals surface area contributed by atoms with Gasteiger partial charge in [-0.25, -0.2) is 8.42 Å². The lowest BCUT2D eigenvalue weighted by molar-refractivity contribution is -0.125. The molecule has 1 aliphatic heterocycles. The van der Waals surface area contributed by atoms with Gasteiger partial charge in [-0.05, 0) is 29.3 Å². The molecule has 0 aliphatic carbocycles. The fraction of sp³-hybridized carbons (Fsp3) is 0.269. The number of ether oxygens (including phenoxy) is 2. The van der Waals surface area contributed by atoms with Gasteiger partial charge >= 0.3 is 0 Å². The molecule has 1 fully saturated rings. The van der Waals surface area contributed by atoms with E-state index in [9.17, 15) is 13.2 Å². The average molecular weight is 481 g/mol. The first-order valence-corrected chi connectivity index (χ1v) is 12.5. The highest BCUT2D eigenvalue weighted by atomic mass is 32.2. The van der Waals surface area contributed by atoms with E-state index >= 15 is 0 Å². The Hall–Kier alpha value is -3.36. The molecule has 7 nitrogen and oxygen atoms in total. The van der Waals surface area contributed by atoms with Gasteiger partial charge in [-0.1, -0.05) is 54.6 Å².